The lowest BCUT2D eigenvalue weighted by Crippen LogP contribution is -2.39. The van der Waals surface area contributed by atoms with Crippen molar-refractivity contribution in [1.29, 1.82) is 0 Å². The lowest BCUT2D eigenvalue weighted by atomic mass is 9.99. The monoisotopic (exact) mass is 400 g/mol. The quantitative estimate of drug-likeness (QED) is 0.734. The Kier molecular flexibility index (Phi) is 4.55. The maximum absolute atomic E-state index is 13.9. The van der Waals surface area contributed by atoms with E-state index in [0.29, 0.717) is 16.6 Å². The molecule has 1 aliphatic heterocycles. The molecule has 1 aromatic carbocycles. The Balaban J connectivity index is 1.64. The van der Waals surface area contributed by atoms with Gasteiger partial charge in [-0.3, -0.25) is 9.59 Å². The highest BCUT2D eigenvalue weighted by atomic mass is 35.5. The zero-order chi connectivity index (χ0) is 20.0. The molecule has 3 heterocycles. The summed E-state index contributed by atoms with van der Waals surface area (Å²) < 4.78 is 15.6. The SMILES string of the molecule is Cc1ccn2ncc(C(=O)N[C@H]3CC(=O)N(C)[C@@H]3c3ccc(Cl)c(F)c3)c2c1. The molecule has 6 nitrogen and oxygen atoms in total. The average Bonchev–Trinajstić information content (AvgIpc) is 3.18. The number of aryl methyl sites for hydroxylation is 1. The molecule has 3 aromatic rings. The average molecular weight is 401 g/mol. The van der Waals surface area contributed by atoms with Gasteiger partial charge in [-0.2, -0.15) is 5.10 Å². The molecule has 2 atom stereocenters. The summed E-state index contributed by atoms with van der Waals surface area (Å²) in [6, 6.07) is 7.23. The first-order valence-electron chi connectivity index (χ1n) is 8.80. The van der Waals surface area contributed by atoms with Crippen LogP contribution < -0.4 is 5.32 Å². The largest absolute Gasteiger partial charge is 0.346 e. The minimum atomic E-state index is -0.560. The fraction of sp³-hybridized carbons (Fsp3) is 0.250. The molecule has 8 heteroatoms. The Morgan fingerprint density at radius 1 is 1.32 bits per heavy atom. The van der Waals surface area contributed by atoms with Gasteiger partial charge in [0.05, 0.1) is 34.4 Å². The third-order valence-corrected chi connectivity index (χ3v) is 5.42. The number of carbonyl (C=O) groups is 2. The Bertz CT molecular complexity index is 1100. The summed E-state index contributed by atoms with van der Waals surface area (Å²) in [6.45, 7) is 1.93. The molecule has 0 aliphatic carbocycles. The van der Waals surface area contributed by atoms with Gasteiger partial charge in [-0.15, -0.1) is 0 Å². The van der Waals surface area contributed by atoms with Crippen LogP contribution in [0.1, 0.15) is 33.9 Å². The summed E-state index contributed by atoms with van der Waals surface area (Å²) in [6.07, 6.45) is 3.42. The van der Waals surface area contributed by atoms with E-state index in [1.54, 1.807) is 23.8 Å². The number of rotatable bonds is 3. The van der Waals surface area contributed by atoms with Crippen molar-refractivity contribution in [3.05, 3.63) is 70.3 Å². The van der Waals surface area contributed by atoms with E-state index in [9.17, 15) is 14.0 Å². The summed E-state index contributed by atoms with van der Waals surface area (Å²) in [5.74, 6) is -1.01. The second-order valence-corrected chi connectivity index (χ2v) is 7.41. The standard InChI is InChI=1S/C20H18ClFN4O2/c1-11-5-6-26-17(7-11)13(10-23-26)20(28)24-16-9-18(27)25(2)19(16)12-3-4-14(21)15(22)8-12/h3-8,10,16,19H,9H2,1-2H3,(H,24,28)/t16-,19+/m0/s1. The van der Waals surface area contributed by atoms with Crippen LogP contribution in [0.3, 0.4) is 0 Å². The van der Waals surface area contributed by atoms with Crippen molar-refractivity contribution in [1.82, 2.24) is 19.8 Å². The van der Waals surface area contributed by atoms with Gasteiger partial charge in [0.25, 0.3) is 5.91 Å². The number of pyridine rings is 1. The topological polar surface area (TPSA) is 66.7 Å². The number of nitrogens with zero attached hydrogens (tertiary/aromatic N) is 3. The number of benzene rings is 1. The molecule has 28 heavy (non-hydrogen) atoms. The van der Waals surface area contributed by atoms with E-state index in [-0.39, 0.29) is 23.3 Å². The Morgan fingerprint density at radius 3 is 2.86 bits per heavy atom. The maximum Gasteiger partial charge on any atom is 0.255 e. The number of hydrogen-bond donors (Lipinski definition) is 1. The van der Waals surface area contributed by atoms with Gasteiger partial charge < -0.3 is 10.2 Å². The number of carbonyl (C=O) groups excluding carboxylic acids is 2. The van der Waals surface area contributed by atoms with Crippen molar-refractivity contribution in [2.75, 3.05) is 7.05 Å². The Morgan fingerprint density at radius 2 is 2.11 bits per heavy atom. The van der Waals surface area contributed by atoms with Crippen molar-refractivity contribution in [2.24, 2.45) is 0 Å². The van der Waals surface area contributed by atoms with Crippen LogP contribution in [0.2, 0.25) is 5.02 Å². The molecule has 4 rings (SSSR count). The van der Waals surface area contributed by atoms with E-state index < -0.39 is 17.9 Å². The molecular weight excluding hydrogens is 383 g/mol. The number of likely N-dealkylation sites (tertiary alicyclic amines) is 1. The van der Waals surface area contributed by atoms with Crippen LogP contribution in [0.15, 0.2) is 42.7 Å². The number of fused-ring (bicyclic) bond motifs is 1. The predicted molar refractivity (Wildman–Crippen MR) is 103 cm³/mol. The summed E-state index contributed by atoms with van der Waals surface area (Å²) in [5, 5.41) is 7.14. The van der Waals surface area contributed by atoms with E-state index in [0.717, 1.165) is 5.56 Å². The molecule has 1 fully saturated rings. The number of aromatic nitrogens is 2. The van der Waals surface area contributed by atoms with Gasteiger partial charge in [-0.05, 0) is 42.3 Å². The van der Waals surface area contributed by atoms with E-state index in [2.05, 4.69) is 10.4 Å². The lowest BCUT2D eigenvalue weighted by Gasteiger charge is -2.26. The van der Waals surface area contributed by atoms with E-state index >= 15 is 0 Å². The molecule has 1 aliphatic rings. The van der Waals surface area contributed by atoms with Crippen molar-refractivity contribution in [2.45, 2.75) is 25.4 Å². The van der Waals surface area contributed by atoms with Gasteiger partial charge >= 0.3 is 0 Å². The van der Waals surface area contributed by atoms with Crippen LogP contribution >= 0.6 is 11.6 Å². The molecule has 0 spiro atoms. The first-order chi connectivity index (χ1) is 13.3. The Hall–Kier alpha value is -2.93. The summed E-state index contributed by atoms with van der Waals surface area (Å²) in [4.78, 5) is 26.7. The normalized spacial score (nSPS) is 19.4. The fourth-order valence-electron chi connectivity index (χ4n) is 3.66. The van der Waals surface area contributed by atoms with Gasteiger partial charge in [0.15, 0.2) is 0 Å². The Labute approximate surface area is 165 Å². The molecule has 2 aromatic heterocycles. The van der Waals surface area contributed by atoms with Crippen molar-refractivity contribution in [3.8, 4) is 0 Å². The van der Waals surface area contributed by atoms with Crippen LogP contribution in [0.5, 0.6) is 0 Å². The number of amides is 2. The van der Waals surface area contributed by atoms with Gasteiger partial charge in [0.1, 0.15) is 5.82 Å². The van der Waals surface area contributed by atoms with Crippen LogP contribution in [-0.2, 0) is 4.79 Å². The minimum Gasteiger partial charge on any atom is -0.346 e. The first kappa shape index (κ1) is 18.4. The van der Waals surface area contributed by atoms with E-state index in [1.165, 1.54) is 23.2 Å². The van der Waals surface area contributed by atoms with Crippen LogP contribution in [0, 0.1) is 12.7 Å². The van der Waals surface area contributed by atoms with E-state index in [4.69, 9.17) is 11.6 Å². The lowest BCUT2D eigenvalue weighted by molar-refractivity contribution is -0.127. The zero-order valence-corrected chi connectivity index (χ0v) is 16.1. The van der Waals surface area contributed by atoms with Gasteiger partial charge in [0.2, 0.25) is 5.91 Å². The number of hydrogen-bond acceptors (Lipinski definition) is 3. The van der Waals surface area contributed by atoms with Gasteiger partial charge in [0, 0.05) is 19.7 Å². The molecule has 0 bridgehead atoms. The molecule has 144 valence electrons. The number of nitrogens with one attached hydrogen (secondary N) is 1. The van der Waals surface area contributed by atoms with Crippen LogP contribution in [-0.4, -0.2) is 39.4 Å². The first-order valence-corrected chi connectivity index (χ1v) is 9.18. The number of halogens is 2. The molecule has 1 saturated heterocycles. The molecule has 0 radical (unpaired) electrons. The number of likely N-dealkylation sites (N-methyl/N-ethyl adjacent to an activating group) is 1. The van der Waals surface area contributed by atoms with Crippen LogP contribution in [0.25, 0.3) is 5.52 Å². The molecule has 1 N–H and O–H groups in total. The predicted octanol–water partition coefficient (Wildman–Crippen LogP) is 3.14. The third-order valence-electron chi connectivity index (χ3n) is 5.11. The summed E-state index contributed by atoms with van der Waals surface area (Å²) in [5.41, 5.74) is 2.69. The van der Waals surface area contributed by atoms with Crippen LogP contribution in [0.4, 0.5) is 4.39 Å². The highest BCUT2D eigenvalue weighted by Gasteiger charge is 2.40. The van der Waals surface area contributed by atoms with Crippen molar-refractivity contribution < 1.29 is 14.0 Å². The molecular formula is C20H18ClFN4O2. The summed E-state index contributed by atoms with van der Waals surface area (Å²) in [7, 11) is 1.64. The maximum atomic E-state index is 13.9. The minimum absolute atomic E-state index is 0.0121. The van der Waals surface area contributed by atoms with Crippen molar-refractivity contribution >= 4 is 28.9 Å². The smallest absolute Gasteiger partial charge is 0.255 e. The second-order valence-electron chi connectivity index (χ2n) is 7.00. The highest BCUT2D eigenvalue weighted by molar-refractivity contribution is 6.30. The second kappa shape index (κ2) is 6.91. The molecule has 0 saturated carbocycles. The third kappa shape index (κ3) is 3.11. The highest BCUT2D eigenvalue weighted by Crippen LogP contribution is 2.33. The van der Waals surface area contributed by atoms with Crippen molar-refractivity contribution in [3.63, 3.8) is 0 Å². The van der Waals surface area contributed by atoms with Gasteiger partial charge in [-0.1, -0.05) is 17.7 Å². The summed E-state index contributed by atoms with van der Waals surface area (Å²) >= 11 is 5.77. The fourth-order valence-corrected chi connectivity index (χ4v) is 3.78. The van der Waals surface area contributed by atoms with E-state index in [1.807, 2.05) is 19.1 Å². The zero-order valence-electron chi connectivity index (χ0n) is 15.3. The van der Waals surface area contributed by atoms with Gasteiger partial charge in [-0.25, -0.2) is 8.91 Å². The molecule has 0 unspecified atom stereocenters. The molecule has 2 amide bonds.